The predicted octanol–water partition coefficient (Wildman–Crippen LogP) is 3.88. The summed E-state index contributed by atoms with van der Waals surface area (Å²) in [6.07, 6.45) is 2.93. The molecule has 10 heteroatoms. The number of fused-ring (bicyclic) bond motifs is 2. The molecule has 1 spiro atoms. The highest BCUT2D eigenvalue weighted by molar-refractivity contribution is 7.90. The molecule has 1 saturated heterocycles. The van der Waals surface area contributed by atoms with Gasteiger partial charge in [0, 0.05) is 30.8 Å². The van der Waals surface area contributed by atoms with E-state index >= 15 is 0 Å². The minimum absolute atomic E-state index is 0.169. The molecule has 35 heavy (non-hydrogen) atoms. The second kappa shape index (κ2) is 9.55. The summed E-state index contributed by atoms with van der Waals surface area (Å²) in [4.78, 5) is 29.0. The van der Waals surface area contributed by atoms with Crippen LogP contribution in [0.5, 0.6) is 0 Å². The van der Waals surface area contributed by atoms with Crippen LogP contribution in [-0.4, -0.2) is 56.9 Å². The van der Waals surface area contributed by atoms with Gasteiger partial charge in [-0.25, -0.2) is 13.2 Å². The summed E-state index contributed by atoms with van der Waals surface area (Å²) in [5.41, 5.74) is 0.944. The number of hydrogen-bond acceptors (Lipinski definition) is 7. The number of amides is 2. The molecule has 0 saturated carbocycles. The molecule has 1 fully saturated rings. The first-order valence-corrected chi connectivity index (χ1v) is 14.4. The Labute approximate surface area is 210 Å². The molecule has 2 aliphatic rings. The van der Waals surface area contributed by atoms with Gasteiger partial charge in [-0.1, -0.05) is 12.1 Å². The lowest BCUT2D eigenvalue weighted by molar-refractivity contribution is -0.0950. The number of carbonyl (C=O) groups is 2. The highest BCUT2D eigenvalue weighted by Crippen LogP contribution is 2.45. The molecule has 1 aromatic carbocycles. The zero-order valence-electron chi connectivity index (χ0n) is 20.5. The lowest BCUT2D eigenvalue weighted by atomic mass is 9.85. The maximum Gasteiger partial charge on any atom is 0.410 e. The van der Waals surface area contributed by atoms with Crippen molar-refractivity contribution in [1.29, 1.82) is 0 Å². The molecule has 2 aromatic rings. The standard InChI is InChI=1S/C25H32N2O6S2/c1-24(2,3)33-23(29)27-12-10-25(11-13-27)21-18(9-14-32-25)15-20(34-21)22(28)26-16-17-5-7-19(8-6-17)35(4,30)31/h5-8,15H,9-14,16H2,1-4H3,(H,26,28). The number of thiophene rings is 1. The molecule has 2 amide bonds. The molecule has 0 aliphatic carbocycles. The fourth-order valence-electron chi connectivity index (χ4n) is 4.41. The van der Waals surface area contributed by atoms with E-state index in [9.17, 15) is 18.0 Å². The van der Waals surface area contributed by atoms with Crippen molar-refractivity contribution in [1.82, 2.24) is 10.2 Å². The van der Waals surface area contributed by atoms with E-state index in [0.717, 1.165) is 22.4 Å². The summed E-state index contributed by atoms with van der Waals surface area (Å²) in [5.74, 6) is -0.169. The van der Waals surface area contributed by atoms with E-state index in [0.29, 0.717) is 44.0 Å². The molecule has 2 aliphatic heterocycles. The van der Waals surface area contributed by atoms with Crippen LogP contribution in [0.4, 0.5) is 4.79 Å². The maximum absolute atomic E-state index is 12.9. The Balaban J connectivity index is 1.41. The van der Waals surface area contributed by atoms with Crippen molar-refractivity contribution >= 4 is 33.2 Å². The third-order valence-corrected chi connectivity index (χ3v) is 8.71. The van der Waals surface area contributed by atoms with Gasteiger partial charge in [0.05, 0.1) is 16.4 Å². The topological polar surface area (TPSA) is 102 Å². The van der Waals surface area contributed by atoms with Gasteiger partial charge in [0.25, 0.3) is 5.91 Å². The molecule has 0 bridgehead atoms. The predicted molar refractivity (Wildman–Crippen MR) is 133 cm³/mol. The lowest BCUT2D eigenvalue weighted by Crippen LogP contribution is -2.49. The summed E-state index contributed by atoms with van der Waals surface area (Å²) in [5, 5.41) is 2.93. The lowest BCUT2D eigenvalue weighted by Gasteiger charge is -2.43. The number of piperidine rings is 1. The van der Waals surface area contributed by atoms with E-state index in [1.165, 1.54) is 17.6 Å². The van der Waals surface area contributed by atoms with Crippen molar-refractivity contribution in [3.05, 3.63) is 51.2 Å². The molecule has 3 heterocycles. The smallest absolute Gasteiger partial charge is 0.410 e. The number of nitrogens with one attached hydrogen (secondary N) is 1. The van der Waals surface area contributed by atoms with Crippen molar-refractivity contribution in [2.45, 2.75) is 62.7 Å². The van der Waals surface area contributed by atoms with E-state index in [4.69, 9.17) is 9.47 Å². The Morgan fingerprint density at radius 1 is 1.17 bits per heavy atom. The molecule has 1 aromatic heterocycles. The van der Waals surface area contributed by atoms with E-state index in [2.05, 4.69) is 5.32 Å². The molecular weight excluding hydrogens is 488 g/mol. The van der Waals surface area contributed by atoms with Crippen LogP contribution in [-0.2, 0) is 37.9 Å². The third kappa shape index (κ3) is 5.87. The average Bonchev–Trinajstić information content (AvgIpc) is 3.23. The van der Waals surface area contributed by atoms with Crippen molar-refractivity contribution < 1.29 is 27.5 Å². The highest BCUT2D eigenvalue weighted by atomic mass is 32.2. The van der Waals surface area contributed by atoms with Crippen molar-refractivity contribution in [3.8, 4) is 0 Å². The maximum atomic E-state index is 12.9. The largest absolute Gasteiger partial charge is 0.444 e. The minimum atomic E-state index is -3.25. The number of likely N-dealkylation sites (tertiary alicyclic amines) is 1. The van der Waals surface area contributed by atoms with Crippen LogP contribution in [0.2, 0.25) is 0 Å². The summed E-state index contributed by atoms with van der Waals surface area (Å²) in [7, 11) is -3.25. The summed E-state index contributed by atoms with van der Waals surface area (Å²) in [6.45, 7) is 7.54. The second-order valence-electron chi connectivity index (χ2n) is 10.1. The quantitative estimate of drug-likeness (QED) is 0.657. The van der Waals surface area contributed by atoms with Gasteiger partial charge in [-0.2, -0.15) is 0 Å². The monoisotopic (exact) mass is 520 g/mol. The summed E-state index contributed by atoms with van der Waals surface area (Å²) < 4.78 is 35.0. The van der Waals surface area contributed by atoms with Crippen LogP contribution < -0.4 is 5.32 Å². The van der Waals surface area contributed by atoms with Crippen LogP contribution in [0, 0.1) is 0 Å². The Hall–Kier alpha value is -2.43. The van der Waals surface area contributed by atoms with Crippen LogP contribution in [0.3, 0.4) is 0 Å². The molecule has 190 valence electrons. The van der Waals surface area contributed by atoms with Gasteiger partial charge in [0.15, 0.2) is 9.84 Å². The second-order valence-corrected chi connectivity index (χ2v) is 13.2. The first-order valence-electron chi connectivity index (χ1n) is 11.7. The Bertz CT molecular complexity index is 1200. The Morgan fingerprint density at radius 2 is 1.83 bits per heavy atom. The number of sulfone groups is 1. The van der Waals surface area contributed by atoms with Gasteiger partial charge >= 0.3 is 6.09 Å². The molecule has 0 atom stereocenters. The van der Waals surface area contributed by atoms with E-state index in [1.807, 2.05) is 26.8 Å². The molecule has 0 radical (unpaired) electrons. The average molecular weight is 521 g/mol. The summed E-state index contributed by atoms with van der Waals surface area (Å²) in [6, 6.07) is 8.46. The Kier molecular flexibility index (Phi) is 7.00. The normalized spacial score (nSPS) is 17.7. The van der Waals surface area contributed by atoms with Gasteiger partial charge in [0.2, 0.25) is 0 Å². The van der Waals surface area contributed by atoms with Crippen LogP contribution in [0.15, 0.2) is 35.2 Å². The van der Waals surface area contributed by atoms with Crippen LogP contribution in [0.1, 0.15) is 59.3 Å². The van der Waals surface area contributed by atoms with Gasteiger partial charge in [-0.15, -0.1) is 11.3 Å². The fraction of sp³-hybridized carbons (Fsp3) is 0.520. The molecule has 4 rings (SSSR count). The molecule has 1 N–H and O–H groups in total. The molecule has 8 nitrogen and oxygen atoms in total. The van der Waals surface area contributed by atoms with Gasteiger partial charge in [-0.3, -0.25) is 4.79 Å². The van der Waals surface area contributed by atoms with E-state index in [-0.39, 0.29) is 16.9 Å². The van der Waals surface area contributed by atoms with Crippen molar-refractivity contribution in [2.24, 2.45) is 0 Å². The summed E-state index contributed by atoms with van der Waals surface area (Å²) >= 11 is 1.46. The van der Waals surface area contributed by atoms with Gasteiger partial charge < -0.3 is 19.7 Å². The zero-order valence-corrected chi connectivity index (χ0v) is 22.2. The van der Waals surface area contributed by atoms with Crippen LogP contribution >= 0.6 is 11.3 Å². The fourth-order valence-corrected chi connectivity index (χ4v) is 6.36. The van der Waals surface area contributed by atoms with Crippen molar-refractivity contribution in [2.75, 3.05) is 26.0 Å². The van der Waals surface area contributed by atoms with Crippen LogP contribution in [0.25, 0.3) is 0 Å². The number of benzene rings is 1. The van der Waals surface area contributed by atoms with E-state index < -0.39 is 21.0 Å². The number of hydrogen-bond donors (Lipinski definition) is 1. The molecule has 0 unspecified atom stereocenters. The first kappa shape index (κ1) is 25.7. The highest BCUT2D eigenvalue weighted by Gasteiger charge is 2.44. The number of ether oxygens (including phenoxy) is 2. The van der Waals surface area contributed by atoms with Gasteiger partial charge in [-0.05, 0) is 69.4 Å². The number of carbonyl (C=O) groups excluding carboxylic acids is 2. The first-order chi connectivity index (χ1) is 16.4. The SMILES string of the molecule is CC(C)(C)OC(=O)N1CCC2(CC1)OCCc1cc(C(=O)NCc3ccc(S(C)(=O)=O)cc3)sc12. The number of rotatable bonds is 4. The molecular formula is C25H32N2O6S2. The minimum Gasteiger partial charge on any atom is -0.444 e. The Morgan fingerprint density at radius 3 is 2.43 bits per heavy atom. The van der Waals surface area contributed by atoms with E-state index in [1.54, 1.807) is 29.2 Å². The zero-order chi connectivity index (χ0) is 25.4. The van der Waals surface area contributed by atoms with Crippen molar-refractivity contribution in [3.63, 3.8) is 0 Å². The third-order valence-electron chi connectivity index (χ3n) is 6.22. The number of nitrogens with zero attached hydrogens (tertiary/aromatic N) is 1. The van der Waals surface area contributed by atoms with Gasteiger partial charge in [0.1, 0.15) is 11.2 Å².